The number of nitrogens with one attached hydrogen (secondary N) is 1. The van der Waals surface area contributed by atoms with Crippen LogP contribution in [0.15, 0.2) is 47.6 Å². The molecule has 4 rings (SSSR count). The molecule has 3 heterocycles. The molecule has 0 atom stereocenters. The van der Waals surface area contributed by atoms with Gasteiger partial charge in [0, 0.05) is 45.0 Å². The fourth-order valence-corrected chi connectivity index (χ4v) is 4.73. The second-order valence-electron chi connectivity index (χ2n) is 6.94. The lowest BCUT2D eigenvalue weighted by molar-refractivity contribution is 0.0692. The van der Waals surface area contributed by atoms with Crippen molar-refractivity contribution in [3.05, 3.63) is 48.4 Å². The minimum Gasteiger partial charge on any atom is -0.497 e. The molecule has 3 aromatic rings. The van der Waals surface area contributed by atoms with Crippen LogP contribution in [-0.4, -0.2) is 76.8 Å². The van der Waals surface area contributed by atoms with Gasteiger partial charge in [-0.05, 0) is 30.3 Å². The number of H-pyrrole nitrogens is 1. The summed E-state index contributed by atoms with van der Waals surface area (Å²) < 4.78 is 33.4. The Bertz CT molecular complexity index is 1140. The van der Waals surface area contributed by atoms with Gasteiger partial charge in [-0.1, -0.05) is 0 Å². The van der Waals surface area contributed by atoms with Crippen molar-refractivity contribution in [1.82, 2.24) is 29.2 Å². The van der Waals surface area contributed by atoms with E-state index in [1.54, 1.807) is 25.1 Å². The molecule has 1 fully saturated rings. The van der Waals surface area contributed by atoms with Crippen LogP contribution in [0.3, 0.4) is 0 Å². The van der Waals surface area contributed by atoms with Gasteiger partial charge in [-0.15, -0.1) is 0 Å². The van der Waals surface area contributed by atoms with E-state index in [-0.39, 0.29) is 23.9 Å². The molecule has 2 aromatic heterocycles. The number of aromatic nitrogens is 4. The second kappa shape index (κ2) is 7.92. The Morgan fingerprint density at radius 1 is 1.13 bits per heavy atom. The summed E-state index contributed by atoms with van der Waals surface area (Å²) in [5.41, 5.74) is 1.88. The molecule has 1 saturated heterocycles. The van der Waals surface area contributed by atoms with Crippen LogP contribution in [0.1, 0.15) is 10.5 Å². The number of aryl methyl sites for hydroxylation is 1. The first-order valence-electron chi connectivity index (χ1n) is 9.36. The molecule has 30 heavy (non-hydrogen) atoms. The quantitative estimate of drug-likeness (QED) is 0.645. The minimum absolute atomic E-state index is 0.155. The topological polar surface area (TPSA) is 113 Å². The van der Waals surface area contributed by atoms with Gasteiger partial charge >= 0.3 is 0 Å². The number of hydrogen-bond acceptors (Lipinski definition) is 6. The Labute approximate surface area is 174 Å². The lowest BCUT2D eigenvalue weighted by Gasteiger charge is -2.33. The molecule has 10 nitrogen and oxygen atoms in total. The predicted octanol–water partition coefficient (Wildman–Crippen LogP) is 0.965. The monoisotopic (exact) mass is 430 g/mol. The average molecular weight is 430 g/mol. The van der Waals surface area contributed by atoms with Gasteiger partial charge in [0.1, 0.15) is 16.3 Å². The van der Waals surface area contributed by atoms with Crippen molar-refractivity contribution in [2.24, 2.45) is 7.05 Å². The zero-order valence-electron chi connectivity index (χ0n) is 16.6. The first-order chi connectivity index (χ1) is 14.4. The predicted molar refractivity (Wildman–Crippen MR) is 108 cm³/mol. The van der Waals surface area contributed by atoms with Crippen LogP contribution in [0.2, 0.25) is 0 Å². The van der Waals surface area contributed by atoms with E-state index in [1.165, 1.54) is 21.4 Å². The normalized spacial score (nSPS) is 15.3. The highest BCUT2D eigenvalue weighted by Gasteiger charge is 2.31. The number of carbonyl (C=O) groups excluding carboxylic acids is 1. The molecule has 0 bridgehead atoms. The fraction of sp³-hybridized carbons (Fsp3) is 0.316. The molecular weight excluding hydrogens is 408 g/mol. The highest BCUT2D eigenvalue weighted by atomic mass is 32.2. The molecule has 0 unspecified atom stereocenters. The van der Waals surface area contributed by atoms with Crippen molar-refractivity contribution < 1.29 is 17.9 Å². The van der Waals surface area contributed by atoms with Gasteiger partial charge in [0.05, 0.1) is 19.0 Å². The van der Waals surface area contributed by atoms with Crippen molar-refractivity contribution in [2.75, 3.05) is 33.3 Å². The minimum atomic E-state index is -3.61. The molecule has 1 aliphatic heterocycles. The van der Waals surface area contributed by atoms with Gasteiger partial charge in [0.15, 0.2) is 0 Å². The maximum Gasteiger partial charge on any atom is 0.271 e. The number of methoxy groups -OCH3 is 1. The number of ether oxygens (including phenoxy) is 1. The van der Waals surface area contributed by atoms with E-state index in [0.717, 1.165) is 11.3 Å². The van der Waals surface area contributed by atoms with E-state index in [9.17, 15) is 13.2 Å². The van der Waals surface area contributed by atoms with Crippen LogP contribution >= 0.6 is 0 Å². The first kappa shape index (κ1) is 20.1. The van der Waals surface area contributed by atoms with Crippen molar-refractivity contribution >= 4 is 15.9 Å². The number of carbonyl (C=O) groups is 1. The zero-order valence-corrected chi connectivity index (χ0v) is 17.5. The van der Waals surface area contributed by atoms with Crippen molar-refractivity contribution in [3.63, 3.8) is 0 Å². The SMILES string of the molecule is COc1ccc(-c2cc(C(=O)N3CCN(S(=O)(=O)c4cnn(C)c4)CC3)[nH]n2)cc1. The van der Waals surface area contributed by atoms with Crippen molar-refractivity contribution in [1.29, 1.82) is 0 Å². The van der Waals surface area contributed by atoms with Crippen LogP contribution in [0.5, 0.6) is 5.75 Å². The molecule has 11 heteroatoms. The molecule has 0 spiro atoms. The third kappa shape index (κ3) is 3.81. The number of amides is 1. The standard InChI is InChI=1S/C19H22N6O4S/c1-23-13-16(12-20-23)30(27,28)25-9-7-24(8-10-25)19(26)18-11-17(21-22-18)14-3-5-15(29-2)6-4-14/h3-6,11-13H,7-10H2,1-2H3,(H,21,22). The molecule has 1 amide bonds. The number of aromatic amines is 1. The third-order valence-electron chi connectivity index (χ3n) is 5.04. The van der Waals surface area contributed by atoms with Crippen LogP contribution in [0.25, 0.3) is 11.3 Å². The Morgan fingerprint density at radius 2 is 1.83 bits per heavy atom. The Balaban J connectivity index is 1.41. The molecule has 0 radical (unpaired) electrons. The fourth-order valence-electron chi connectivity index (χ4n) is 3.32. The van der Waals surface area contributed by atoms with Crippen molar-refractivity contribution in [2.45, 2.75) is 4.90 Å². The number of rotatable bonds is 5. The number of benzene rings is 1. The Morgan fingerprint density at radius 3 is 2.43 bits per heavy atom. The summed E-state index contributed by atoms with van der Waals surface area (Å²) >= 11 is 0. The number of sulfonamides is 1. The molecule has 1 N–H and O–H groups in total. The van der Waals surface area contributed by atoms with Gasteiger partial charge in [0.2, 0.25) is 10.0 Å². The van der Waals surface area contributed by atoms with E-state index < -0.39 is 10.0 Å². The van der Waals surface area contributed by atoms with Gasteiger partial charge in [0.25, 0.3) is 5.91 Å². The van der Waals surface area contributed by atoms with Gasteiger partial charge in [-0.3, -0.25) is 14.6 Å². The lowest BCUT2D eigenvalue weighted by Crippen LogP contribution is -2.50. The summed E-state index contributed by atoms with van der Waals surface area (Å²) in [7, 11) is -0.345. The highest BCUT2D eigenvalue weighted by Crippen LogP contribution is 2.22. The summed E-state index contributed by atoms with van der Waals surface area (Å²) in [5, 5.41) is 10.9. The van der Waals surface area contributed by atoms with E-state index in [2.05, 4.69) is 15.3 Å². The van der Waals surface area contributed by atoms with Crippen LogP contribution in [0.4, 0.5) is 0 Å². The number of hydrogen-bond donors (Lipinski definition) is 1. The summed E-state index contributed by atoms with van der Waals surface area (Å²) in [6.07, 6.45) is 2.80. The second-order valence-corrected chi connectivity index (χ2v) is 8.88. The highest BCUT2D eigenvalue weighted by molar-refractivity contribution is 7.89. The van der Waals surface area contributed by atoms with Crippen LogP contribution < -0.4 is 4.74 Å². The maximum absolute atomic E-state index is 12.8. The van der Waals surface area contributed by atoms with Crippen molar-refractivity contribution in [3.8, 4) is 17.0 Å². The molecule has 0 saturated carbocycles. The number of piperazine rings is 1. The molecular formula is C19H22N6O4S. The molecule has 0 aliphatic carbocycles. The van der Waals surface area contributed by atoms with E-state index in [0.29, 0.717) is 24.5 Å². The lowest BCUT2D eigenvalue weighted by atomic mass is 10.1. The Kier molecular flexibility index (Phi) is 5.31. The zero-order chi connectivity index (χ0) is 21.3. The summed E-state index contributed by atoms with van der Waals surface area (Å²) in [5.74, 6) is 0.533. The smallest absolute Gasteiger partial charge is 0.271 e. The first-order valence-corrected chi connectivity index (χ1v) is 10.8. The van der Waals surface area contributed by atoms with E-state index in [1.807, 2.05) is 24.3 Å². The van der Waals surface area contributed by atoms with Crippen LogP contribution in [-0.2, 0) is 17.1 Å². The van der Waals surface area contributed by atoms with Crippen LogP contribution in [0, 0.1) is 0 Å². The summed E-state index contributed by atoms with van der Waals surface area (Å²) in [6.45, 7) is 1.05. The number of nitrogens with zero attached hydrogens (tertiary/aromatic N) is 5. The summed E-state index contributed by atoms with van der Waals surface area (Å²) in [4.78, 5) is 14.6. The van der Waals surface area contributed by atoms with Gasteiger partial charge in [-0.25, -0.2) is 8.42 Å². The maximum atomic E-state index is 12.8. The summed E-state index contributed by atoms with van der Waals surface area (Å²) in [6, 6.07) is 9.08. The van der Waals surface area contributed by atoms with E-state index in [4.69, 9.17) is 4.74 Å². The average Bonchev–Trinajstić information content (AvgIpc) is 3.43. The molecule has 1 aliphatic rings. The Hall–Kier alpha value is -3.18. The van der Waals surface area contributed by atoms with Gasteiger partial charge < -0.3 is 9.64 Å². The van der Waals surface area contributed by atoms with E-state index >= 15 is 0 Å². The molecule has 158 valence electrons. The van der Waals surface area contributed by atoms with Gasteiger partial charge in [-0.2, -0.15) is 14.5 Å². The third-order valence-corrected chi connectivity index (χ3v) is 6.89. The molecule has 1 aromatic carbocycles. The largest absolute Gasteiger partial charge is 0.497 e.